The van der Waals surface area contributed by atoms with Crippen LogP contribution in [0.15, 0.2) is 54.7 Å². The van der Waals surface area contributed by atoms with E-state index < -0.39 is 5.72 Å². The Kier molecular flexibility index (Phi) is 4.17. The third-order valence-corrected chi connectivity index (χ3v) is 3.37. The summed E-state index contributed by atoms with van der Waals surface area (Å²) in [6, 6.07) is 16.1. The van der Waals surface area contributed by atoms with Crippen molar-refractivity contribution < 1.29 is 4.74 Å². The molecule has 0 bridgehead atoms. The summed E-state index contributed by atoms with van der Waals surface area (Å²) in [4.78, 5) is 6.46. The Bertz CT molecular complexity index is 501. The number of benzene rings is 1. The van der Waals surface area contributed by atoms with Crippen LogP contribution in [0, 0.1) is 0 Å². The van der Waals surface area contributed by atoms with Crippen LogP contribution < -0.4 is 4.90 Å². The minimum atomic E-state index is -0.523. The van der Waals surface area contributed by atoms with Crippen LogP contribution in [-0.4, -0.2) is 18.6 Å². The summed E-state index contributed by atoms with van der Waals surface area (Å²) in [6.45, 7) is 4.72. The number of hydrogen-bond acceptors (Lipinski definition) is 3. The van der Waals surface area contributed by atoms with E-state index in [0.29, 0.717) is 6.61 Å². The summed E-state index contributed by atoms with van der Waals surface area (Å²) in [7, 11) is 2.00. The molecule has 0 amide bonds. The fourth-order valence-electron chi connectivity index (χ4n) is 2.17. The highest BCUT2D eigenvalue weighted by atomic mass is 16.5. The zero-order valence-corrected chi connectivity index (χ0v) is 11.7. The van der Waals surface area contributed by atoms with Crippen molar-refractivity contribution in [3.8, 4) is 0 Å². The molecule has 19 heavy (non-hydrogen) atoms. The van der Waals surface area contributed by atoms with E-state index >= 15 is 0 Å². The van der Waals surface area contributed by atoms with E-state index in [4.69, 9.17) is 4.74 Å². The molecule has 0 saturated carbocycles. The van der Waals surface area contributed by atoms with Crippen molar-refractivity contribution in [2.45, 2.75) is 19.6 Å². The summed E-state index contributed by atoms with van der Waals surface area (Å²) in [5, 5.41) is 0. The number of nitrogens with zero attached hydrogens (tertiary/aromatic N) is 2. The lowest BCUT2D eigenvalue weighted by atomic mass is 10.0. The molecule has 0 aliphatic heterocycles. The van der Waals surface area contributed by atoms with Gasteiger partial charge in [0.2, 0.25) is 0 Å². The third kappa shape index (κ3) is 2.76. The SMILES string of the molecule is CCOC(C)(c1ccccc1)N(C)c1ccccn1. The molecule has 0 aliphatic carbocycles. The van der Waals surface area contributed by atoms with Crippen molar-refractivity contribution in [3.05, 3.63) is 60.3 Å². The van der Waals surface area contributed by atoms with Gasteiger partial charge in [0.25, 0.3) is 0 Å². The van der Waals surface area contributed by atoms with Crippen molar-refractivity contribution in [3.63, 3.8) is 0 Å². The Labute approximate surface area is 114 Å². The molecule has 0 aliphatic rings. The van der Waals surface area contributed by atoms with Gasteiger partial charge in [-0.15, -0.1) is 0 Å². The number of rotatable bonds is 5. The number of ether oxygens (including phenoxy) is 1. The van der Waals surface area contributed by atoms with E-state index in [1.54, 1.807) is 6.20 Å². The van der Waals surface area contributed by atoms with Gasteiger partial charge in [0, 0.05) is 25.4 Å². The zero-order chi connectivity index (χ0) is 13.7. The number of hydrogen-bond donors (Lipinski definition) is 0. The number of pyridine rings is 1. The maximum Gasteiger partial charge on any atom is 0.165 e. The fourth-order valence-corrected chi connectivity index (χ4v) is 2.17. The Morgan fingerprint density at radius 3 is 2.37 bits per heavy atom. The Morgan fingerprint density at radius 2 is 1.79 bits per heavy atom. The predicted molar refractivity (Wildman–Crippen MR) is 78.1 cm³/mol. The van der Waals surface area contributed by atoms with Crippen LogP contribution in [-0.2, 0) is 10.5 Å². The molecular weight excluding hydrogens is 236 g/mol. The molecule has 1 heterocycles. The first-order valence-corrected chi connectivity index (χ1v) is 6.53. The third-order valence-electron chi connectivity index (χ3n) is 3.37. The molecule has 3 heteroatoms. The Morgan fingerprint density at radius 1 is 1.11 bits per heavy atom. The van der Waals surface area contributed by atoms with E-state index in [1.807, 2.05) is 50.4 Å². The number of aromatic nitrogens is 1. The molecule has 3 nitrogen and oxygen atoms in total. The van der Waals surface area contributed by atoms with E-state index in [-0.39, 0.29) is 0 Å². The second-order valence-electron chi connectivity index (χ2n) is 4.53. The second-order valence-corrected chi connectivity index (χ2v) is 4.53. The van der Waals surface area contributed by atoms with Gasteiger partial charge in [0.1, 0.15) is 5.82 Å². The molecule has 0 N–H and O–H groups in total. The van der Waals surface area contributed by atoms with Crippen LogP contribution in [0.3, 0.4) is 0 Å². The number of anilines is 1. The monoisotopic (exact) mass is 256 g/mol. The predicted octanol–water partition coefficient (Wildman–Crippen LogP) is 3.43. The maximum atomic E-state index is 6.02. The molecule has 2 aromatic rings. The lowest BCUT2D eigenvalue weighted by Crippen LogP contribution is -2.44. The molecule has 0 radical (unpaired) electrons. The quantitative estimate of drug-likeness (QED) is 0.766. The average Bonchev–Trinajstić information content (AvgIpc) is 2.48. The van der Waals surface area contributed by atoms with Gasteiger partial charge < -0.3 is 9.64 Å². The van der Waals surface area contributed by atoms with Crippen molar-refractivity contribution >= 4 is 5.82 Å². The highest BCUT2D eigenvalue weighted by molar-refractivity contribution is 5.42. The normalized spacial score (nSPS) is 13.8. The van der Waals surface area contributed by atoms with E-state index in [0.717, 1.165) is 11.4 Å². The Hall–Kier alpha value is -1.87. The van der Waals surface area contributed by atoms with Crippen molar-refractivity contribution in [1.29, 1.82) is 0 Å². The highest BCUT2D eigenvalue weighted by Gasteiger charge is 2.32. The van der Waals surface area contributed by atoms with E-state index in [1.165, 1.54) is 0 Å². The molecule has 1 aromatic heterocycles. The molecule has 1 atom stereocenters. The summed E-state index contributed by atoms with van der Waals surface area (Å²) in [5.41, 5.74) is 0.592. The molecule has 1 aromatic carbocycles. The molecule has 0 fully saturated rings. The minimum Gasteiger partial charge on any atom is -0.352 e. The molecule has 1 unspecified atom stereocenters. The van der Waals surface area contributed by atoms with Crippen LogP contribution in [0.2, 0.25) is 0 Å². The largest absolute Gasteiger partial charge is 0.352 e. The summed E-state index contributed by atoms with van der Waals surface area (Å²) in [6.07, 6.45) is 1.79. The molecular formula is C16H20N2O. The van der Waals surface area contributed by atoms with Gasteiger partial charge in [-0.1, -0.05) is 36.4 Å². The molecule has 0 saturated heterocycles. The first-order valence-electron chi connectivity index (χ1n) is 6.53. The average molecular weight is 256 g/mol. The van der Waals surface area contributed by atoms with E-state index in [2.05, 4.69) is 28.9 Å². The van der Waals surface area contributed by atoms with Gasteiger partial charge in [0.05, 0.1) is 0 Å². The Balaban J connectivity index is 2.40. The smallest absolute Gasteiger partial charge is 0.165 e. The van der Waals surface area contributed by atoms with E-state index in [9.17, 15) is 0 Å². The minimum absolute atomic E-state index is 0.523. The topological polar surface area (TPSA) is 25.4 Å². The first-order chi connectivity index (χ1) is 9.18. The van der Waals surface area contributed by atoms with Crippen molar-refractivity contribution in [1.82, 2.24) is 4.98 Å². The van der Waals surface area contributed by atoms with Crippen LogP contribution in [0.4, 0.5) is 5.82 Å². The van der Waals surface area contributed by atoms with Crippen LogP contribution in [0.25, 0.3) is 0 Å². The van der Waals surface area contributed by atoms with Gasteiger partial charge in [0.15, 0.2) is 5.72 Å². The zero-order valence-electron chi connectivity index (χ0n) is 11.7. The molecule has 2 rings (SSSR count). The van der Waals surface area contributed by atoms with Crippen LogP contribution >= 0.6 is 0 Å². The van der Waals surface area contributed by atoms with Crippen molar-refractivity contribution in [2.75, 3.05) is 18.6 Å². The summed E-state index contributed by atoms with van der Waals surface area (Å²) < 4.78 is 6.02. The van der Waals surface area contributed by atoms with Gasteiger partial charge >= 0.3 is 0 Å². The van der Waals surface area contributed by atoms with Gasteiger partial charge in [-0.3, -0.25) is 0 Å². The highest BCUT2D eigenvalue weighted by Crippen LogP contribution is 2.31. The van der Waals surface area contributed by atoms with Gasteiger partial charge in [-0.05, 0) is 26.0 Å². The lowest BCUT2D eigenvalue weighted by Gasteiger charge is -2.39. The fraction of sp³-hybridized carbons (Fsp3) is 0.312. The standard InChI is InChI=1S/C16H20N2O/c1-4-19-16(2,14-10-6-5-7-11-14)18(3)15-12-8-9-13-17-15/h5-13H,4H2,1-3H3. The lowest BCUT2D eigenvalue weighted by molar-refractivity contribution is -0.0286. The molecule has 100 valence electrons. The van der Waals surface area contributed by atoms with Crippen LogP contribution in [0.5, 0.6) is 0 Å². The summed E-state index contributed by atoms with van der Waals surface area (Å²) >= 11 is 0. The molecule has 0 spiro atoms. The van der Waals surface area contributed by atoms with Gasteiger partial charge in [-0.25, -0.2) is 4.98 Å². The second kappa shape index (κ2) is 5.85. The summed E-state index contributed by atoms with van der Waals surface area (Å²) in [5.74, 6) is 0.891. The van der Waals surface area contributed by atoms with Gasteiger partial charge in [-0.2, -0.15) is 0 Å². The maximum absolute atomic E-state index is 6.02. The van der Waals surface area contributed by atoms with Crippen LogP contribution in [0.1, 0.15) is 19.4 Å². The first kappa shape index (κ1) is 13.6. The van der Waals surface area contributed by atoms with Crippen molar-refractivity contribution in [2.24, 2.45) is 0 Å².